The third-order valence-electron chi connectivity index (χ3n) is 4.27. The van der Waals surface area contributed by atoms with Crippen molar-refractivity contribution in [2.45, 2.75) is 32.4 Å². The molecule has 1 heterocycles. The van der Waals surface area contributed by atoms with E-state index in [1.165, 1.54) is 7.11 Å². The van der Waals surface area contributed by atoms with Crippen molar-refractivity contribution in [1.29, 1.82) is 0 Å². The number of nitro groups is 1. The Morgan fingerprint density at radius 3 is 2.86 bits per heavy atom. The van der Waals surface area contributed by atoms with Crippen molar-refractivity contribution in [2.75, 3.05) is 20.2 Å². The van der Waals surface area contributed by atoms with Crippen LogP contribution in [0.1, 0.15) is 25.3 Å². The maximum absolute atomic E-state index is 11.1. The number of hydrogen-bond donors (Lipinski definition) is 1. The van der Waals surface area contributed by atoms with Crippen molar-refractivity contribution < 1.29 is 9.66 Å². The van der Waals surface area contributed by atoms with Crippen LogP contribution in [0.2, 0.25) is 0 Å². The van der Waals surface area contributed by atoms with Crippen molar-refractivity contribution in [2.24, 2.45) is 11.7 Å². The quantitative estimate of drug-likeness (QED) is 0.664. The van der Waals surface area contributed by atoms with Crippen LogP contribution in [0.25, 0.3) is 0 Å². The molecule has 21 heavy (non-hydrogen) atoms. The predicted molar refractivity (Wildman–Crippen MR) is 81.3 cm³/mol. The van der Waals surface area contributed by atoms with E-state index in [0.29, 0.717) is 30.8 Å². The topological polar surface area (TPSA) is 81.6 Å². The van der Waals surface area contributed by atoms with Crippen LogP contribution in [0.5, 0.6) is 5.75 Å². The SMILES string of the molecule is COc1ccc(CN2CC(CN)CCC2C)cc1[N+](=O)[O-]. The van der Waals surface area contributed by atoms with Crippen molar-refractivity contribution in [1.82, 2.24) is 4.90 Å². The van der Waals surface area contributed by atoms with Gasteiger partial charge in [0, 0.05) is 25.2 Å². The molecule has 0 amide bonds. The highest BCUT2D eigenvalue weighted by Crippen LogP contribution is 2.29. The van der Waals surface area contributed by atoms with Gasteiger partial charge < -0.3 is 10.5 Å². The highest BCUT2D eigenvalue weighted by Gasteiger charge is 2.25. The number of ether oxygens (including phenoxy) is 1. The zero-order valence-electron chi connectivity index (χ0n) is 12.6. The van der Waals surface area contributed by atoms with Crippen molar-refractivity contribution >= 4 is 5.69 Å². The van der Waals surface area contributed by atoms with Gasteiger partial charge in [-0.15, -0.1) is 0 Å². The molecule has 1 aliphatic rings. The molecule has 116 valence electrons. The monoisotopic (exact) mass is 293 g/mol. The van der Waals surface area contributed by atoms with E-state index < -0.39 is 4.92 Å². The fourth-order valence-corrected chi connectivity index (χ4v) is 2.89. The Balaban J connectivity index is 2.15. The van der Waals surface area contributed by atoms with Crippen molar-refractivity contribution in [3.63, 3.8) is 0 Å². The zero-order valence-corrected chi connectivity index (χ0v) is 12.6. The number of benzene rings is 1. The summed E-state index contributed by atoms with van der Waals surface area (Å²) in [6, 6.07) is 5.65. The maximum atomic E-state index is 11.1. The molecule has 1 saturated heterocycles. The number of rotatable bonds is 5. The molecule has 0 radical (unpaired) electrons. The lowest BCUT2D eigenvalue weighted by atomic mass is 9.93. The molecule has 6 heteroatoms. The van der Waals surface area contributed by atoms with Crippen LogP contribution in [0.4, 0.5) is 5.69 Å². The van der Waals surface area contributed by atoms with Gasteiger partial charge in [-0.25, -0.2) is 0 Å². The van der Waals surface area contributed by atoms with Crippen molar-refractivity contribution in [3.8, 4) is 5.75 Å². The molecule has 2 rings (SSSR count). The van der Waals surface area contributed by atoms with E-state index in [1.54, 1.807) is 12.1 Å². The van der Waals surface area contributed by atoms with Gasteiger partial charge >= 0.3 is 5.69 Å². The van der Waals surface area contributed by atoms with Crippen LogP contribution in [0.15, 0.2) is 18.2 Å². The lowest BCUT2D eigenvalue weighted by Crippen LogP contribution is -2.43. The Morgan fingerprint density at radius 2 is 2.24 bits per heavy atom. The summed E-state index contributed by atoms with van der Waals surface area (Å²) in [5.41, 5.74) is 6.73. The van der Waals surface area contributed by atoms with Gasteiger partial charge in [0.1, 0.15) is 0 Å². The molecule has 0 bridgehead atoms. The minimum absolute atomic E-state index is 0.0232. The summed E-state index contributed by atoms with van der Waals surface area (Å²) in [4.78, 5) is 13.0. The standard InChI is InChI=1S/C15H23N3O3/c1-11-3-4-13(8-16)10-17(11)9-12-5-6-15(21-2)14(7-12)18(19)20/h5-7,11,13H,3-4,8-10,16H2,1-2H3. The smallest absolute Gasteiger partial charge is 0.311 e. The number of nitro benzene ring substituents is 1. The molecule has 0 saturated carbocycles. The summed E-state index contributed by atoms with van der Waals surface area (Å²) in [6.45, 7) is 4.57. The Bertz CT molecular complexity index is 507. The van der Waals surface area contributed by atoms with E-state index in [2.05, 4.69) is 11.8 Å². The zero-order chi connectivity index (χ0) is 15.4. The van der Waals surface area contributed by atoms with E-state index in [-0.39, 0.29) is 5.69 Å². The number of methoxy groups -OCH3 is 1. The van der Waals surface area contributed by atoms with Gasteiger partial charge in [0.15, 0.2) is 5.75 Å². The molecule has 1 fully saturated rings. The summed E-state index contributed by atoms with van der Waals surface area (Å²) < 4.78 is 5.04. The summed E-state index contributed by atoms with van der Waals surface area (Å²) >= 11 is 0. The van der Waals surface area contributed by atoms with Gasteiger partial charge in [0.25, 0.3) is 0 Å². The van der Waals surface area contributed by atoms with Gasteiger partial charge in [0.05, 0.1) is 12.0 Å². The molecule has 0 spiro atoms. The second kappa shape index (κ2) is 6.87. The molecule has 0 aliphatic carbocycles. The minimum Gasteiger partial charge on any atom is -0.490 e. The predicted octanol–water partition coefficient (Wildman–Crippen LogP) is 2.16. The van der Waals surface area contributed by atoms with Crippen LogP contribution in [-0.2, 0) is 6.54 Å². The lowest BCUT2D eigenvalue weighted by molar-refractivity contribution is -0.385. The molecule has 6 nitrogen and oxygen atoms in total. The minimum atomic E-state index is -0.398. The van der Waals surface area contributed by atoms with E-state index >= 15 is 0 Å². The third-order valence-corrected chi connectivity index (χ3v) is 4.27. The van der Waals surface area contributed by atoms with Gasteiger partial charge in [-0.2, -0.15) is 0 Å². The summed E-state index contributed by atoms with van der Waals surface area (Å²) in [5, 5.41) is 11.1. The Hall–Kier alpha value is -1.66. The number of nitrogens with zero attached hydrogens (tertiary/aromatic N) is 2. The normalized spacial score (nSPS) is 23.0. The summed E-state index contributed by atoms with van der Waals surface area (Å²) in [7, 11) is 1.45. The largest absolute Gasteiger partial charge is 0.490 e. The van der Waals surface area contributed by atoms with E-state index in [9.17, 15) is 10.1 Å². The van der Waals surface area contributed by atoms with Gasteiger partial charge in [-0.1, -0.05) is 6.07 Å². The van der Waals surface area contributed by atoms with Crippen LogP contribution in [-0.4, -0.2) is 36.1 Å². The molecule has 1 aliphatic heterocycles. The molecule has 1 aromatic rings. The van der Waals surface area contributed by atoms with Gasteiger partial charge in [0.2, 0.25) is 0 Å². The second-order valence-electron chi connectivity index (χ2n) is 5.72. The van der Waals surface area contributed by atoms with Crippen LogP contribution in [0, 0.1) is 16.0 Å². The first-order chi connectivity index (χ1) is 10.0. The molecule has 2 unspecified atom stereocenters. The fourth-order valence-electron chi connectivity index (χ4n) is 2.89. The average Bonchev–Trinajstić information content (AvgIpc) is 2.49. The molecule has 2 atom stereocenters. The summed E-state index contributed by atoms with van der Waals surface area (Å²) in [6.07, 6.45) is 2.29. The molecule has 2 N–H and O–H groups in total. The molecular weight excluding hydrogens is 270 g/mol. The average molecular weight is 293 g/mol. The lowest BCUT2D eigenvalue weighted by Gasteiger charge is -2.37. The second-order valence-corrected chi connectivity index (χ2v) is 5.72. The Kier molecular flexibility index (Phi) is 5.14. The molecule has 1 aromatic carbocycles. The third kappa shape index (κ3) is 3.71. The fraction of sp³-hybridized carbons (Fsp3) is 0.600. The Labute approximate surface area is 125 Å². The van der Waals surface area contributed by atoms with Gasteiger partial charge in [-0.3, -0.25) is 15.0 Å². The first kappa shape index (κ1) is 15.7. The summed E-state index contributed by atoms with van der Waals surface area (Å²) in [5.74, 6) is 0.824. The molecular formula is C15H23N3O3. The highest BCUT2D eigenvalue weighted by atomic mass is 16.6. The highest BCUT2D eigenvalue weighted by molar-refractivity contribution is 5.48. The van der Waals surface area contributed by atoms with Gasteiger partial charge in [-0.05, 0) is 43.9 Å². The van der Waals surface area contributed by atoms with E-state index in [1.807, 2.05) is 6.07 Å². The Morgan fingerprint density at radius 1 is 1.48 bits per heavy atom. The van der Waals surface area contributed by atoms with Crippen LogP contribution < -0.4 is 10.5 Å². The van der Waals surface area contributed by atoms with Crippen LogP contribution >= 0.6 is 0 Å². The molecule has 0 aromatic heterocycles. The first-order valence-corrected chi connectivity index (χ1v) is 7.30. The van der Waals surface area contributed by atoms with E-state index in [4.69, 9.17) is 10.5 Å². The van der Waals surface area contributed by atoms with E-state index in [0.717, 1.165) is 24.9 Å². The van der Waals surface area contributed by atoms with Crippen molar-refractivity contribution in [3.05, 3.63) is 33.9 Å². The van der Waals surface area contributed by atoms with Crippen LogP contribution in [0.3, 0.4) is 0 Å². The maximum Gasteiger partial charge on any atom is 0.311 e. The first-order valence-electron chi connectivity index (χ1n) is 7.30. The number of piperidine rings is 1. The number of hydrogen-bond acceptors (Lipinski definition) is 5. The number of likely N-dealkylation sites (tertiary alicyclic amines) is 1. The number of nitrogens with two attached hydrogens (primary N) is 1.